The fourth-order valence-corrected chi connectivity index (χ4v) is 2.18. The summed E-state index contributed by atoms with van der Waals surface area (Å²) in [5.41, 5.74) is 0.749. The summed E-state index contributed by atoms with van der Waals surface area (Å²) in [6.07, 6.45) is 3.20. The number of methoxy groups -OCH3 is 1. The molecule has 0 aromatic carbocycles. The Labute approximate surface area is 104 Å². The summed E-state index contributed by atoms with van der Waals surface area (Å²) in [6.45, 7) is 8.74. The molecule has 0 saturated carbocycles. The van der Waals surface area contributed by atoms with E-state index in [9.17, 15) is 4.79 Å². The van der Waals surface area contributed by atoms with Gasteiger partial charge in [0.1, 0.15) is 0 Å². The standard InChI is InChI=1S/C13H23NO3/c1-5-12(13(15)16-4)6-7-14-8-10(2)17-11(3)9-14/h6,10-11H,5,7-9H2,1-4H3/t10-,11+. The van der Waals surface area contributed by atoms with Crippen LogP contribution in [-0.2, 0) is 14.3 Å². The second-order valence-corrected chi connectivity index (χ2v) is 4.55. The van der Waals surface area contributed by atoms with E-state index in [-0.39, 0.29) is 18.2 Å². The molecule has 0 amide bonds. The SMILES string of the molecule is CCC(=CCN1C[C@@H](C)O[C@@H](C)C1)C(=O)OC. The molecular weight excluding hydrogens is 218 g/mol. The average molecular weight is 241 g/mol. The van der Waals surface area contributed by atoms with Crippen LogP contribution in [0.4, 0.5) is 0 Å². The van der Waals surface area contributed by atoms with Crippen molar-refractivity contribution in [3.05, 3.63) is 11.6 Å². The highest BCUT2D eigenvalue weighted by Crippen LogP contribution is 2.11. The van der Waals surface area contributed by atoms with Crippen molar-refractivity contribution in [3.63, 3.8) is 0 Å². The monoisotopic (exact) mass is 241 g/mol. The Hall–Kier alpha value is -0.870. The van der Waals surface area contributed by atoms with Gasteiger partial charge in [0, 0.05) is 25.2 Å². The topological polar surface area (TPSA) is 38.8 Å². The molecule has 0 unspecified atom stereocenters. The van der Waals surface area contributed by atoms with E-state index in [2.05, 4.69) is 18.7 Å². The number of morpholine rings is 1. The van der Waals surface area contributed by atoms with Gasteiger partial charge < -0.3 is 9.47 Å². The van der Waals surface area contributed by atoms with Crippen LogP contribution in [0, 0.1) is 0 Å². The molecule has 4 nitrogen and oxygen atoms in total. The number of esters is 1. The van der Waals surface area contributed by atoms with Crippen LogP contribution in [-0.4, -0.2) is 49.8 Å². The first-order chi connectivity index (χ1) is 8.06. The molecule has 0 bridgehead atoms. The lowest BCUT2D eigenvalue weighted by Gasteiger charge is -2.34. The summed E-state index contributed by atoms with van der Waals surface area (Å²) < 4.78 is 10.4. The van der Waals surface area contributed by atoms with Crippen LogP contribution >= 0.6 is 0 Å². The second kappa shape index (κ2) is 6.77. The highest BCUT2D eigenvalue weighted by Gasteiger charge is 2.21. The molecule has 98 valence electrons. The Kier molecular flexibility index (Phi) is 5.65. The minimum absolute atomic E-state index is 0.221. The van der Waals surface area contributed by atoms with Gasteiger partial charge in [0.15, 0.2) is 0 Å². The third-order valence-electron chi connectivity index (χ3n) is 2.92. The molecule has 1 rings (SSSR count). The summed E-state index contributed by atoms with van der Waals surface area (Å²) in [6, 6.07) is 0. The average Bonchev–Trinajstić information content (AvgIpc) is 2.28. The van der Waals surface area contributed by atoms with Gasteiger partial charge in [-0.15, -0.1) is 0 Å². The first kappa shape index (κ1) is 14.2. The van der Waals surface area contributed by atoms with E-state index < -0.39 is 0 Å². The maximum atomic E-state index is 11.4. The molecule has 4 heteroatoms. The minimum Gasteiger partial charge on any atom is -0.466 e. The third kappa shape index (κ3) is 4.48. The number of hydrogen-bond donors (Lipinski definition) is 0. The predicted octanol–water partition coefficient (Wildman–Crippen LogP) is 1.60. The zero-order valence-corrected chi connectivity index (χ0v) is 11.2. The molecule has 1 heterocycles. The smallest absolute Gasteiger partial charge is 0.333 e. The van der Waals surface area contributed by atoms with Crippen LogP contribution in [0.1, 0.15) is 27.2 Å². The van der Waals surface area contributed by atoms with Crippen LogP contribution in [0.2, 0.25) is 0 Å². The fraction of sp³-hybridized carbons (Fsp3) is 0.769. The number of hydrogen-bond acceptors (Lipinski definition) is 4. The van der Waals surface area contributed by atoms with Gasteiger partial charge in [-0.05, 0) is 20.3 Å². The van der Waals surface area contributed by atoms with Crippen LogP contribution in [0.3, 0.4) is 0 Å². The van der Waals surface area contributed by atoms with Gasteiger partial charge in [-0.3, -0.25) is 4.90 Å². The van der Waals surface area contributed by atoms with E-state index in [1.807, 2.05) is 13.0 Å². The first-order valence-corrected chi connectivity index (χ1v) is 6.22. The number of ether oxygens (including phenoxy) is 2. The number of carbonyl (C=O) groups is 1. The van der Waals surface area contributed by atoms with E-state index in [1.165, 1.54) is 7.11 Å². The molecule has 0 aromatic rings. The van der Waals surface area contributed by atoms with Gasteiger partial charge in [-0.1, -0.05) is 13.0 Å². The lowest BCUT2D eigenvalue weighted by Crippen LogP contribution is -2.45. The van der Waals surface area contributed by atoms with Crippen molar-refractivity contribution in [2.45, 2.75) is 39.4 Å². The third-order valence-corrected chi connectivity index (χ3v) is 2.92. The number of nitrogens with zero attached hydrogens (tertiary/aromatic N) is 1. The molecule has 0 spiro atoms. The second-order valence-electron chi connectivity index (χ2n) is 4.55. The van der Waals surface area contributed by atoms with Gasteiger partial charge in [-0.25, -0.2) is 4.79 Å². The summed E-state index contributed by atoms with van der Waals surface area (Å²) in [5.74, 6) is -0.221. The predicted molar refractivity (Wildman–Crippen MR) is 66.8 cm³/mol. The fourth-order valence-electron chi connectivity index (χ4n) is 2.18. The van der Waals surface area contributed by atoms with E-state index in [1.54, 1.807) is 0 Å². The van der Waals surface area contributed by atoms with Crippen molar-refractivity contribution in [1.29, 1.82) is 0 Å². The van der Waals surface area contributed by atoms with Gasteiger partial charge in [-0.2, -0.15) is 0 Å². The lowest BCUT2D eigenvalue weighted by atomic mass is 10.1. The number of rotatable bonds is 4. The van der Waals surface area contributed by atoms with Crippen molar-refractivity contribution in [2.24, 2.45) is 0 Å². The molecule has 1 fully saturated rings. The Bertz CT molecular complexity index is 278. The molecule has 1 aliphatic heterocycles. The molecule has 17 heavy (non-hydrogen) atoms. The molecule has 0 aliphatic carbocycles. The summed E-state index contributed by atoms with van der Waals surface area (Å²) >= 11 is 0. The zero-order chi connectivity index (χ0) is 12.8. The van der Waals surface area contributed by atoms with Gasteiger partial charge in [0.05, 0.1) is 19.3 Å². The van der Waals surface area contributed by atoms with Gasteiger partial charge in [0.2, 0.25) is 0 Å². The van der Waals surface area contributed by atoms with E-state index >= 15 is 0 Å². The van der Waals surface area contributed by atoms with E-state index in [4.69, 9.17) is 9.47 Å². The van der Waals surface area contributed by atoms with Crippen molar-refractivity contribution in [2.75, 3.05) is 26.7 Å². The molecular formula is C13H23NO3. The highest BCUT2D eigenvalue weighted by atomic mass is 16.5. The summed E-state index contributed by atoms with van der Waals surface area (Å²) in [7, 11) is 1.42. The normalized spacial score (nSPS) is 26.9. The minimum atomic E-state index is -0.221. The lowest BCUT2D eigenvalue weighted by molar-refractivity contribution is -0.136. The zero-order valence-electron chi connectivity index (χ0n) is 11.2. The van der Waals surface area contributed by atoms with Crippen molar-refractivity contribution in [3.8, 4) is 0 Å². The van der Waals surface area contributed by atoms with Crippen LogP contribution < -0.4 is 0 Å². The summed E-state index contributed by atoms with van der Waals surface area (Å²) in [4.78, 5) is 13.7. The van der Waals surface area contributed by atoms with Crippen LogP contribution in [0.25, 0.3) is 0 Å². The number of carbonyl (C=O) groups excluding carboxylic acids is 1. The van der Waals surface area contributed by atoms with Crippen LogP contribution in [0.15, 0.2) is 11.6 Å². The molecule has 1 aliphatic rings. The maximum Gasteiger partial charge on any atom is 0.333 e. The van der Waals surface area contributed by atoms with Crippen molar-refractivity contribution >= 4 is 5.97 Å². The summed E-state index contributed by atoms with van der Waals surface area (Å²) in [5, 5.41) is 0. The Morgan fingerprint density at radius 1 is 1.41 bits per heavy atom. The van der Waals surface area contributed by atoms with Crippen molar-refractivity contribution < 1.29 is 14.3 Å². The van der Waals surface area contributed by atoms with Crippen molar-refractivity contribution in [1.82, 2.24) is 4.90 Å². The Morgan fingerprint density at radius 3 is 2.47 bits per heavy atom. The maximum absolute atomic E-state index is 11.4. The van der Waals surface area contributed by atoms with Gasteiger partial charge >= 0.3 is 5.97 Å². The Morgan fingerprint density at radius 2 is 2.00 bits per heavy atom. The Balaban J connectivity index is 2.52. The molecule has 1 saturated heterocycles. The van der Waals surface area contributed by atoms with Crippen LogP contribution in [0.5, 0.6) is 0 Å². The highest BCUT2D eigenvalue weighted by molar-refractivity contribution is 5.88. The first-order valence-electron chi connectivity index (χ1n) is 6.22. The van der Waals surface area contributed by atoms with E-state index in [0.717, 1.165) is 25.2 Å². The molecule has 0 N–H and O–H groups in total. The molecule has 0 aromatic heterocycles. The molecule has 0 radical (unpaired) electrons. The quantitative estimate of drug-likeness (QED) is 0.553. The van der Waals surface area contributed by atoms with E-state index in [0.29, 0.717) is 6.42 Å². The largest absolute Gasteiger partial charge is 0.466 e. The van der Waals surface area contributed by atoms with Gasteiger partial charge in [0.25, 0.3) is 0 Å². The molecule has 2 atom stereocenters.